The molecule has 1 aromatic heterocycles. The van der Waals surface area contributed by atoms with Gasteiger partial charge in [0.2, 0.25) is 6.29 Å². The number of ether oxygens (including phenoxy) is 3. The maximum absolute atomic E-state index is 12.0. The van der Waals surface area contributed by atoms with Crippen molar-refractivity contribution in [3.63, 3.8) is 0 Å². The summed E-state index contributed by atoms with van der Waals surface area (Å²) in [6.45, 7) is 2.38. The Kier molecular flexibility index (Phi) is 5.06. The van der Waals surface area contributed by atoms with Crippen molar-refractivity contribution in [2.24, 2.45) is 0 Å². The number of hydrogen-bond donors (Lipinski definition) is 1. The van der Waals surface area contributed by atoms with E-state index in [1.807, 2.05) is 12.1 Å². The lowest BCUT2D eigenvalue weighted by atomic mass is 9.95. The lowest BCUT2D eigenvalue weighted by Gasteiger charge is -2.24. The standard InChI is InChI=1S/C18H18O6S/c1-3-10-4-5-11(25-10)9-23-15-6-13-12(7-16(20)24-18(13)21)14(8-19)17(15)22-2/h4-6,8,16,20H,3,7,9H2,1-2H3. The second kappa shape index (κ2) is 7.25. The van der Waals surface area contributed by atoms with Gasteiger partial charge in [0.25, 0.3) is 0 Å². The van der Waals surface area contributed by atoms with Crippen molar-refractivity contribution in [2.45, 2.75) is 32.7 Å². The van der Waals surface area contributed by atoms with E-state index >= 15 is 0 Å². The highest BCUT2D eigenvalue weighted by Gasteiger charge is 2.31. The van der Waals surface area contributed by atoms with Gasteiger partial charge in [-0.1, -0.05) is 6.92 Å². The molecule has 1 unspecified atom stereocenters. The van der Waals surface area contributed by atoms with E-state index in [9.17, 15) is 14.7 Å². The number of esters is 1. The fraction of sp³-hybridized carbons (Fsp3) is 0.333. The molecule has 2 aromatic rings. The molecule has 1 aliphatic rings. The van der Waals surface area contributed by atoms with Crippen LogP contribution in [0, 0.1) is 0 Å². The molecule has 132 valence electrons. The first-order chi connectivity index (χ1) is 12.1. The molecule has 0 aliphatic carbocycles. The summed E-state index contributed by atoms with van der Waals surface area (Å²) in [7, 11) is 1.43. The highest BCUT2D eigenvalue weighted by molar-refractivity contribution is 7.11. The molecular formula is C18H18O6S. The number of methoxy groups -OCH3 is 1. The maximum Gasteiger partial charge on any atom is 0.340 e. The molecule has 25 heavy (non-hydrogen) atoms. The number of rotatable bonds is 6. The van der Waals surface area contributed by atoms with Gasteiger partial charge in [0, 0.05) is 16.2 Å². The van der Waals surface area contributed by atoms with E-state index in [0.29, 0.717) is 24.2 Å². The van der Waals surface area contributed by atoms with Crippen LogP contribution in [0.3, 0.4) is 0 Å². The normalized spacial score (nSPS) is 16.1. The molecule has 3 rings (SSSR count). The minimum Gasteiger partial charge on any atom is -0.492 e. The summed E-state index contributed by atoms with van der Waals surface area (Å²) in [6.07, 6.45) is 0.331. The third kappa shape index (κ3) is 3.38. The van der Waals surface area contributed by atoms with Gasteiger partial charge in [0.1, 0.15) is 6.61 Å². The molecule has 0 fully saturated rings. The predicted molar refractivity (Wildman–Crippen MR) is 91.5 cm³/mol. The lowest BCUT2D eigenvalue weighted by molar-refractivity contribution is -0.0688. The second-order valence-electron chi connectivity index (χ2n) is 5.54. The molecule has 7 heteroatoms. The number of benzene rings is 1. The van der Waals surface area contributed by atoms with E-state index in [1.54, 1.807) is 11.3 Å². The minimum atomic E-state index is -1.27. The fourth-order valence-electron chi connectivity index (χ4n) is 2.79. The molecule has 0 saturated carbocycles. The van der Waals surface area contributed by atoms with E-state index in [-0.39, 0.29) is 23.3 Å². The minimum absolute atomic E-state index is 0.0383. The van der Waals surface area contributed by atoms with Gasteiger partial charge in [-0.3, -0.25) is 4.79 Å². The van der Waals surface area contributed by atoms with Gasteiger partial charge < -0.3 is 19.3 Å². The van der Waals surface area contributed by atoms with Crippen LogP contribution in [-0.4, -0.2) is 30.8 Å². The Bertz CT molecular complexity index is 810. The third-order valence-corrected chi connectivity index (χ3v) is 5.20. The van der Waals surface area contributed by atoms with Crippen LogP contribution in [-0.2, 0) is 24.2 Å². The second-order valence-corrected chi connectivity index (χ2v) is 6.79. The number of aryl methyl sites for hydroxylation is 1. The van der Waals surface area contributed by atoms with Crippen molar-refractivity contribution in [3.05, 3.63) is 44.6 Å². The number of carbonyl (C=O) groups is 2. The highest BCUT2D eigenvalue weighted by atomic mass is 32.1. The van der Waals surface area contributed by atoms with Gasteiger partial charge in [-0.15, -0.1) is 11.3 Å². The van der Waals surface area contributed by atoms with Gasteiger partial charge in [-0.2, -0.15) is 0 Å². The van der Waals surface area contributed by atoms with E-state index < -0.39 is 12.3 Å². The molecule has 1 aromatic carbocycles. The summed E-state index contributed by atoms with van der Waals surface area (Å²) in [5, 5.41) is 9.63. The van der Waals surface area contributed by atoms with Crippen LogP contribution in [0.15, 0.2) is 18.2 Å². The molecule has 0 radical (unpaired) electrons. The van der Waals surface area contributed by atoms with Crippen LogP contribution in [0.5, 0.6) is 11.5 Å². The smallest absolute Gasteiger partial charge is 0.340 e. The summed E-state index contributed by atoms with van der Waals surface area (Å²) in [5.41, 5.74) is 0.821. The van der Waals surface area contributed by atoms with Crippen LogP contribution in [0.2, 0.25) is 0 Å². The average Bonchev–Trinajstić information content (AvgIpc) is 3.07. The van der Waals surface area contributed by atoms with E-state index in [4.69, 9.17) is 14.2 Å². The van der Waals surface area contributed by atoms with Crippen LogP contribution in [0.25, 0.3) is 0 Å². The van der Waals surface area contributed by atoms with Crippen molar-refractivity contribution < 1.29 is 28.9 Å². The van der Waals surface area contributed by atoms with Crippen LogP contribution in [0.4, 0.5) is 0 Å². The fourth-order valence-corrected chi connectivity index (χ4v) is 3.66. The van der Waals surface area contributed by atoms with Crippen LogP contribution < -0.4 is 9.47 Å². The SMILES string of the molecule is CCc1ccc(COc2cc3c(c(C=O)c2OC)CC(O)OC3=O)s1. The molecular weight excluding hydrogens is 344 g/mol. The molecule has 2 heterocycles. The Balaban J connectivity index is 1.96. The predicted octanol–water partition coefficient (Wildman–Crippen LogP) is 2.74. The van der Waals surface area contributed by atoms with Crippen LogP contribution >= 0.6 is 11.3 Å². The molecule has 0 saturated heterocycles. The van der Waals surface area contributed by atoms with Gasteiger partial charge in [0.15, 0.2) is 17.8 Å². The number of carbonyl (C=O) groups excluding carboxylic acids is 2. The Labute approximate surface area is 149 Å². The Hall–Kier alpha value is -2.38. The van der Waals surface area contributed by atoms with Crippen molar-refractivity contribution in [3.8, 4) is 11.5 Å². The number of aliphatic hydroxyl groups excluding tert-OH is 1. The quantitative estimate of drug-likeness (QED) is 0.628. The summed E-state index contributed by atoms with van der Waals surface area (Å²) in [6, 6.07) is 5.53. The average molecular weight is 362 g/mol. The van der Waals surface area contributed by atoms with Gasteiger partial charge in [0.05, 0.1) is 18.2 Å². The zero-order chi connectivity index (χ0) is 18.0. The molecule has 1 aliphatic heterocycles. The maximum atomic E-state index is 12.0. The van der Waals surface area contributed by atoms with Crippen molar-refractivity contribution in [1.82, 2.24) is 0 Å². The number of fused-ring (bicyclic) bond motifs is 1. The van der Waals surface area contributed by atoms with Gasteiger partial charge in [-0.25, -0.2) is 4.79 Å². The number of aliphatic hydroxyl groups is 1. The zero-order valence-corrected chi connectivity index (χ0v) is 14.7. The summed E-state index contributed by atoms with van der Waals surface area (Å²) in [4.78, 5) is 25.9. The topological polar surface area (TPSA) is 82.1 Å². The first-order valence-corrected chi connectivity index (χ1v) is 8.67. The van der Waals surface area contributed by atoms with E-state index in [0.717, 1.165) is 11.3 Å². The Morgan fingerprint density at radius 1 is 1.40 bits per heavy atom. The van der Waals surface area contributed by atoms with Crippen molar-refractivity contribution in [1.29, 1.82) is 0 Å². The summed E-state index contributed by atoms with van der Waals surface area (Å²) >= 11 is 1.65. The monoisotopic (exact) mass is 362 g/mol. The summed E-state index contributed by atoms with van der Waals surface area (Å²) in [5.74, 6) is -0.139. The van der Waals surface area contributed by atoms with Gasteiger partial charge in [-0.05, 0) is 30.2 Å². The molecule has 0 bridgehead atoms. The Morgan fingerprint density at radius 3 is 2.80 bits per heavy atom. The summed E-state index contributed by atoms with van der Waals surface area (Å²) < 4.78 is 16.0. The number of cyclic esters (lactones) is 1. The first kappa shape index (κ1) is 17.4. The van der Waals surface area contributed by atoms with E-state index in [2.05, 4.69) is 6.92 Å². The zero-order valence-electron chi connectivity index (χ0n) is 13.9. The highest BCUT2D eigenvalue weighted by Crippen LogP contribution is 2.38. The lowest BCUT2D eigenvalue weighted by Crippen LogP contribution is -2.28. The molecule has 0 spiro atoms. The van der Waals surface area contributed by atoms with Gasteiger partial charge >= 0.3 is 5.97 Å². The van der Waals surface area contributed by atoms with Crippen molar-refractivity contribution >= 4 is 23.6 Å². The number of hydrogen-bond acceptors (Lipinski definition) is 7. The van der Waals surface area contributed by atoms with Crippen LogP contribution in [0.1, 0.15) is 43.0 Å². The molecule has 6 nitrogen and oxygen atoms in total. The first-order valence-electron chi connectivity index (χ1n) is 7.85. The Morgan fingerprint density at radius 2 is 2.16 bits per heavy atom. The number of aldehydes is 1. The van der Waals surface area contributed by atoms with Crippen molar-refractivity contribution in [2.75, 3.05) is 7.11 Å². The molecule has 1 atom stereocenters. The van der Waals surface area contributed by atoms with E-state index in [1.165, 1.54) is 18.1 Å². The largest absolute Gasteiger partial charge is 0.492 e. The third-order valence-electron chi connectivity index (χ3n) is 3.99. The molecule has 0 amide bonds. The number of thiophene rings is 1. The molecule has 1 N–H and O–H groups in total.